The van der Waals surface area contributed by atoms with Crippen LogP contribution < -0.4 is 10.1 Å². The zero-order valence-electron chi connectivity index (χ0n) is 15.6. The van der Waals surface area contributed by atoms with Crippen LogP contribution in [0.15, 0.2) is 84.9 Å². The van der Waals surface area contributed by atoms with Crippen LogP contribution in [0.1, 0.15) is 20.7 Å². The van der Waals surface area contributed by atoms with Gasteiger partial charge in [-0.1, -0.05) is 48.5 Å². The van der Waals surface area contributed by atoms with Crippen LogP contribution in [0.25, 0.3) is 0 Å². The molecule has 28 heavy (non-hydrogen) atoms. The smallest absolute Gasteiger partial charge is 0.336 e. The van der Waals surface area contributed by atoms with E-state index in [2.05, 4.69) is 0 Å². The Morgan fingerprint density at radius 2 is 0.893 bits per heavy atom. The van der Waals surface area contributed by atoms with Crippen molar-refractivity contribution in [1.29, 1.82) is 0 Å². The predicted molar refractivity (Wildman–Crippen MR) is 107 cm³/mol. The van der Waals surface area contributed by atoms with Gasteiger partial charge in [0.15, 0.2) is 0 Å². The van der Waals surface area contributed by atoms with Crippen molar-refractivity contribution in [2.75, 3.05) is 24.2 Å². The van der Waals surface area contributed by atoms with Gasteiger partial charge < -0.3 is 9.68 Å². The molecule has 6 heteroatoms. The third-order valence-corrected chi connectivity index (χ3v) is 4.05. The third-order valence-electron chi connectivity index (χ3n) is 4.05. The van der Waals surface area contributed by atoms with E-state index in [9.17, 15) is 9.59 Å². The number of para-hydroxylation sites is 2. The number of nitrogens with zero attached hydrogens (tertiary/aromatic N) is 2. The SMILES string of the molecule is CN(OC(=O)c1ccccc1C(=O)ON(C)c1ccccc1)c1ccccc1. The van der Waals surface area contributed by atoms with Gasteiger partial charge in [-0.05, 0) is 36.4 Å². The molecule has 142 valence electrons. The average molecular weight is 376 g/mol. The number of hydrogen-bond acceptors (Lipinski definition) is 6. The van der Waals surface area contributed by atoms with Crippen molar-refractivity contribution in [1.82, 2.24) is 0 Å². The first kappa shape index (κ1) is 19.0. The molecule has 3 aromatic carbocycles. The third kappa shape index (κ3) is 4.48. The molecule has 0 aromatic heterocycles. The van der Waals surface area contributed by atoms with Crippen LogP contribution in [0.3, 0.4) is 0 Å². The van der Waals surface area contributed by atoms with Crippen LogP contribution in [0, 0.1) is 0 Å². The van der Waals surface area contributed by atoms with Crippen molar-refractivity contribution >= 4 is 23.3 Å². The number of carbonyl (C=O) groups excluding carboxylic acids is 2. The van der Waals surface area contributed by atoms with E-state index in [4.69, 9.17) is 9.68 Å². The quantitative estimate of drug-likeness (QED) is 0.604. The summed E-state index contributed by atoms with van der Waals surface area (Å²) < 4.78 is 0. The van der Waals surface area contributed by atoms with Crippen LogP contribution in [-0.2, 0) is 9.68 Å². The van der Waals surface area contributed by atoms with Gasteiger partial charge in [-0.2, -0.15) is 0 Å². The number of benzene rings is 3. The van der Waals surface area contributed by atoms with Gasteiger partial charge in [-0.15, -0.1) is 0 Å². The molecule has 0 unspecified atom stereocenters. The molecule has 0 saturated heterocycles. The van der Waals surface area contributed by atoms with E-state index in [1.54, 1.807) is 26.2 Å². The van der Waals surface area contributed by atoms with E-state index in [1.165, 1.54) is 22.3 Å². The molecule has 0 bridgehead atoms. The zero-order valence-corrected chi connectivity index (χ0v) is 15.6. The fourth-order valence-electron chi connectivity index (χ4n) is 2.57. The predicted octanol–water partition coefficient (Wildman–Crippen LogP) is 4.10. The highest BCUT2D eigenvalue weighted by Gasteiger charge is 2.22. The minimum atomic E-state index is -0.652. The maximum absolute atomic E-state index is 12.6. The molecule has 3 rings (SSSR count). The molecule has 0 heterocycles. The van der Waals surface area contributed by atoms with Crippen LogP contribution >= 0.6 is 0 Å². The van der Waals surface area contributed by atoms with Gasteiger partial charge in [0.25, 0.3) is 0 Å². The van der Waals surface area contributed by atoms with Crippen LogP contribution in [0.4, 0.5) is 11.4 Å². The lowest BCUT2D eigenvalue weighted by Crippen LogP contribution is -2.26. The Kier molecular flexibility index (Phi) is 5.91. The minimum Gasteiger partial charge on any atom is -0.336 e. The van der Waals surface area contributed by atoms with Crippen LogP contribution in [0.2, 0.25) is 0 Å². The second kappa shape index (κ2) is 8.73. The molecule has 0 atom stereocenters. The molecule has 0 radical (unpaired) electrons. The summed E-state index contributed by atoms with van der Waals surface area (Å²) in [5, 5.41) is 2.70. The van der Waals surface area contributed by atoms with Crippen molar-refractivity contribution in [3.8, 4) is 0 Å². The Bertz CT molecular complexity index is 867. The Balaban J connectivity index is 1.75. The lowest BCUT2D eigenvalue weighted by Gasteiger charge is -2.20. The first-order chi connectivity index (χ1) is 13.6. The number of hydroxylamine groups is 2. The van der Waals surface area contributed by atoms with Crippen LogP contribution in [-0.4, -0.2) is 26.0 Å². The van der Waals surface area contributed by atoms with E-state index in [-0.39, 0.29) is 11.1 Å². The monoisotopic (exact) mass is 376 g/mol. The van der Waals surface area contributed by atoms with Crippen molar-refractivity contribution < 1.29 is 19.3 Å². The minimum absolute atomic E-state index is 0.122. The lowest BCUT2D eigenvalue weighted by atomic mass is 10.1. The van der Waals surface area contributed by atoms with Crippen molar-refractivity contribution in [3.05, 3.63) is 96.1 Å². The summed E-state index contributed by atoms with van der Waals surface area (Å²) in [6, 6.07) is 24.7. The zero-order chi connectivity index (χ0) is 19.9. The molecule has 0 saturated carbocycles. The number of rotatable bonds is 6. The van der Waals surface area contributed by atoms with E-state index < -0.39 is 11.9 Å². The first-order valence-electron chi connectivity index (χ1n) is 8.67. The highest BCUT2D eigenvalue weighted by molar-refractivity contribution is 6.03. The van der Waals surface area contributed by atoms with E-state index >= 15 is 0 Å². The van der Waals surface area contributed by atoms with Gasteiger partial charge in [-0.3, -0.25) is 0 Å². The largest absolute Gasteiger partial charge is 0.363 e. The first-order valence-corrected chi connectivity index (χ1v) is 8.67. The average Bonchev–Trinajstić information content (AvgIpc) is 2.74. The second-order valence-corrected chi connectivity index (χ2v) is 5.97. The van der Waals surface area contributed by atoms with E-state index in [1.807, 2.05) is 60.7 Å². The van der Waals surface area contributed by atoms with Crippen molar-refractivity contribution in [3.63, 3.8) is 0 Å². The highest BCUT2D eigenvalue weighted by Crippen LogP contribution is 2.18. The van der Waals surface area contributed by atoms with E-state index in [0.29, 0.717) is 11.4 Å². The highest BCUT2D eigenvalue weighted by atomic mass is 16.7. The van der Waals surface area contributed by atoms with E-state index in [0.717, 1.165) is 0 Å². The Morgan fingerprint density at radius 3 is 1.25 bits per heavy atom. The summed E-state index contributed by atoms with van der Waals surface area (Å²) in [7, 11) is 3.24. The second-order valence-electron chi connectivity index (χ2n) is 5.97. The van der Waals surface area contributed by atoms with Crippen LogP contribution in [0.5, 0.6) is 0 Å². The molecule has 3 aromatic rings. The maximum Gasteiger partial charge on any atom is 0.363 e. The molecule has 0 N–H and O–H groups in total. The molecular weight excluding hydrogens is 356 g/mol. The van der Waals surface area contributed by atoms with Crippen molar-refractivity contribution in [2.24, 2.45) is 0 Å². The molecular formula is C22H20N2O4. The normalized spacial score (nSPS) is 10.1. The Labute approximate surface area is 163 Å². The number of anilines is 2. The van der Waals surface area contributed by atoms with Gasteiger partial charge >= 0.3 is 11.9 Å². The summed E-state index contributed by atoms with van der Waals surface area (Å²) in [6.45, 7) is 0. The molecule has 0 aliphatic rings. The molecule has 6 nitrogen and oxygen atoms in total. The fourth-order valence-corrected chi connectivity index (χ4v) is 2.57. The molecule has 0 fully saturated rings. The van der Waals surface area contributed by atoms with Gasteiger partial charge in [0, 0.05) is 14.1 Å². The number of hydrogen-bond donors (Lipinski definition) is 0. The van der Waals surface area contributed by atoms with Gasteiger partial charge in [0.1, 0.15) is 0 Å². The summed E-state index contributed by atoms with van der Waals surface area (Å²) in [6.07, 6.45) is 0. The molecule has 0 amide bonds. The van der Waals surface area contributed by atoms with Gasteiger partial charge in [0.2, 0.25) is 0 Å². The Morgan fingerprint density at radius 1 is 0.571 bits per heavy atom. The summed E-state index contributed by atoms with van der Waals surface area (Å²) in [5.41, 5.74) is 1.66. The summed E-state index contributed by atoms with van der Waals surface area (Å²) in [5.74, 6) is -1.30. The molecule has 0 aliphatic carbocycles. The summed E-state index contributed by atoms with van der Waals surface area (Å²) >= 11 is 0. The molecule has 0 aliphatic heterocycles. The van der Waals surface area contributed by atoms with Crippen molar-refractivity contribution in [2.45, 2.75) is 0 Å². The van der Waals surface area contributed by atoms with Gasteiger partial charge in [-0.25, -0.2) is 19.7 Å². The number of carbonyl (C=O) groups is 2. The topological polar surface area (TPSA) is 59.1 Å². The summed E-state index contributed by atoms with van der Waals surface area (Å²) in [4.78, 5) is 36.0. The fraction of sp³-hybridized carbons (Fsp3) is 0.0909. The van der Waals surface area contributed by atoms with Gasteiger partial charge in [0.05, 0.1) is 22.5 Å². The standard InChI is InChI=1S/C22H20N2O4/c1-23(17-11-5-3-6-12-17)27-21(25)19-15-9-10-16-20(19)22(26)28-24(2)18-13-7-4-8-14-18/h3-16H,1-2H3. The molecule has 0 spiro atoms. The lowest BCUT2D eigenvalue weighted by molar-refractivity contribution is 0.0430. The maximum atomic E-state index is 12.6. The Hall–Kier alpha value is -3.80.